The van der Waals surface area contributed by atoms with Gasteiger partial charge in [-0.05, 0) is 43.4 Å². The van der Waals surface area contributed by atoms with E-state index in [4.69, 9.17) is 4.74 Å². The number of hydrogen-bond donors (Lipinski definition) is 1. The van der Waals surface area contributed by atoms with Gasteiger partial charge in [-0.15, -0.1) is 0 Å². The van der Waals surface area contributed by atoms with Crippen molar-refractivity contribution < 1.29 is 13.7 Å². The van der Waals surface area contributed by atoms with Crippen LogP contribution in [0.2, 0.25) is 0 Å². The maximum absolute atomic E-state index is 12.5. The van der Waals surface area contributed by atoms with Gasteiger partial charge in [-0.3, -0.25) is 9.00 Å². The lowest BCUT2D eigenvalue weighted by atomic mass is 10.0. The monoisotopic (exact) mass is 335 g/mol. The van der Waals surface area contributed by atoms with E-state index in [0.29, 0.717) is 17.6 Å². The number of amides is 1. The molecule has 5 heteroatoms. The van der Waals surface area contributed by atoms with Crippen LogP contribution in [0.3, 0.4) is 0 Å². The molecule has 0 aromatic heterocycles. The van der Waals surface area contributed by atoms with E-state index < -0.39 is 10.8 Å². The van der Waals surface area contributed by atoms with Crippen LogP contribution in [0.25, 0.3) is 0 Å². The smallest absolute Gasteiger partial charge is 0.253 e. The van der Waals surface area contributed by atoms with E-state index in [1.807, 2.05) is 24.3 Å². The van der Waals surface area contributed by atoms with E-state index in [2.05, 4.69) is 5.32 Å². The first-order valence-electron chi connectivity index (χ1n) is 8.61. The Hall–Kier alpha value is -1.20. The molecule has 1 amide bonds. The SMILES string of the molecule is O=C(Nc1cccc(C[S@](=O)C2CCCCC2)c1)[C@H]1CCCO1. The van der Waals surface area contributed by atoms with Gasteiger partial charge >= 0.3 is 0 Å². The molecule has 1 N–H and O–H groups in total. The molecule has 1 aromatic carbocycles. The van der Waals surface area contributed by atoms with Gasteiger partial charge in [0.1, 0.15) is 6.10 Å². The van der Waals surface area contributed by atoms with E-state index >= 15 is 0 Å². The van der Waals surface area contributed by atoms with Crippen LogP contribution in [0.4, 0.5) is 5.69 Å². The first kappa shape index (κ1) is 16.7. The summed E-state index contributed by atoms with van der Waals surface area (Å²) in [5.74, 6) is 0.502. The minimum absolute atomic E-state index is 0.0759. The molecule has 0 radical (unpaired) electrons. The lowest BCUT2D eigenvalue weighted by molar-refractivity contribution is -0.124. The van der Waals surface area contributed by atoms with Gasteiger partial charge < -0.3 is 10.1 Å². The second kappa shape index (κ2) is 8.06. The number of hydrogen-bond acceptors (Lipinski definition) is 3. The van der Waals surface area contributed by atoms with E-state index in [-0.39, 0.29) is 12.0 Å². The van der Waals surface area contributed by atoms with Crippen molar-refractivity contribution in [2.45, 2.75) is 62.1 Å². The van der Waals surface area contributed by atoms with Crippen LogP contribution in [0.15, 0.2) is 24.3 Å². The standard InChI is InChI=1S/C18H25NO3S/c20-18(17-10-5-11-22-17)19-15-7-4-6-14(12-15)13-23(21)16-8-2-1-3-9-16/h4,6-7,12,16-17H,1-3,5,8-11,13H2,(H,19,20)/t17-,23+/m1/s1. The van der Waals surface area contributed by atoms with Gasteiger partial charge in [0.25, 0.3) is 5.91 Å². The largest absolute Gasteiger partial charge is 0.368 e. The maximum Gasteiger partial charge on any atom is 0.253 e. The summed E-state index contributed by atoms with van der Waals surface area (Å²) in [6.45, 7) is 0.665. The van der Waals surface area contributed by atoms with Gasteiger partial charge in [0.2, 0.25) is 0 Å². The fraction of sp³-hybridized carbons (Fsp3) is 0.611. The van der Waals surface area contributed by atoms with Crippen LogP contribution < -0.4 is 5.32 Å². The third-order valence-corrected chi connectivity index (χ3v) is 6.48. The lowest BCUT2D eigenvalue weighted by Crippen LogP contribution is -2.26. The Bertz CT molecular complexity index is 563. The molecule has 1 heterocycles. The molecule has 1 saturated carbocycles. The summed E-state index contributed by atoms with van der Waals surface area (Å²) in [7, 11) is -0.818. The summed E-state index contributed by atoms with van der Waals surface area (Å²) in [5, 5.41) is 3.26. The number of carbonyl (C=O) groups excluding carboxylic acids is 1. The number of benzene rings is 1. The molecule has 2 aliphatic rings. The second-order valence-electron chi connectivity index (χ2n) is 6.48. The summed E-state index contributed by atoms with van der Waals surface area (Å²) in [4.78, 5) is 12.1. The van der Waals surface area contributed by atoms with Crippen molar-refractivity contribution in [1.29, 1.82) is 0 Å². The molecule has 1 saturated heterocycles. The van der Waals surface area contributed by atoms with Gasteiger partial charge in [-0.2, -0.15) is 0 Å². The van der Waals surface area contributed by atoms with Crippen molar-refractivity contribution in [2.75, 3.05) is 11.9 Å². The summed E-state index contributed by atoms with van der Waals surface area (Å²) >= 11 is 0. The van der Waals surface area contributed by atoms with Crippen molar-refractivity contribution in [3.05, 3.63) is 29.8 Å². The average molecular weight is 335 g/mol. The Balaban J connectivity index is 1.58. The average Bonchev–Trinajstić information content (AvgIpc) is 3.10. The van der Waals surface area contributed by atoms with Crippen LogP contribution >= 0.6 is 0 Å². The Labute approximate surface area is 140 Å². The van der Waals surface area contributed by atoms with E-state index in [1.54, 1.807) is 0 Å². The van der Waals surface area contributed by atoms with Crippen molar-refractivity contribution in [1.82, 2.24) is 0 Å². The zero-order chi connectivity index (χ0) is 16.1. The highest BCUT2D eigenvalue weighted by atomic mass is 32.2. The minimum Gasteiger partial charge on any atom is -0.368 e. The zero-order valence-electron chi connectivity index (χ0n) is 13.5. The molecule has 2 atom stereocenters. The van der Waals surface area contributed by atoms with Crippen LogP contribution in [0.5, 0.6) is 0 Å². The number of ether oxygens (including phenoxy) is 1. The highest BCUT2D eigenvalue weighted by Gasteiger charge is 2.24. The molecule has 0 unspecified atom stereocenters. The minimum atomic E-state index is -0.818. The van der Waals surface area contributed by atoms with Gasteiger partial charge in [0.05, 0.1) is 0 Å². The third kappa shape index (κ3) is 4.64. The van der Waals surface area contributed by atoms with E-state index in [9.17, 15) is 9.00 Å². The molecular formula is C18H25NO3S. The molecule has 0 bridgehead atoms. The zero-order valence-corrected chi connectivity index (χ0v) is 14.3. The lowest BCUT2D eigenvalue weighted by Gasteiger charge is -2.21. The first-order chi connectivity index (χ1) is 11.2. The predicted octanol–water partition coefficient (Wildman–Crippen LogP) is 3.39. The van der Waals surface area contributed by atoms with Crippen LogP contribution in [0, 0.1) is 0 Å². The van der Waals surface area contributed by atoms with E-state index in [0.717, 1.165) is 36.9 Å². The van der Waals surface area contributed by atoms with Crippen molar-refractivity contribution >= 4 is 22.4 Å². The normalized spacial score (nSPS) is 23.6. The molecule has 1 aliphatic carbocycles. The third-order valence-electron chi connectivity index (χ3n) is 4.65. The molecule has 23 heavy (non-hydrogen) atoms. The molecule has 126 valence electrons. The van der Waals surface area contributed by atoms with Crippen LogP contribution in [0.1, 0.15) is 50.5 Å². The highest BCUT2D eigenvalue weighted by molar-refractivity contribution is 7.84. The topological polar surface area (TPSA) is 55.4 Å². The maximum atomic E-state index is 12.5. The Morgan fingerprint density at radius 2 is 2.00 bits per heavy atom. The van der Waals surface area contributed by atoms with Gasteiger partial charge in [0.15, 0.2) is 0 Å². The number of anilines is 1. The van der Waals surface area contributed by atoms with Crippen molar-refractivity contribution in [3.63, 3.8) is 0 Å². The molecular weight excluding hydrogens is 310 g/mol. The summed E-state index contributed by atoms with van der Waals surface area (Å²) in [6, 6.07) is 7.72. The van der Waals surface area contributed by atoms with Crippen LogP contribution in [-0.4, -0.2) is 28.1 Å². The van der Waals surface area contributed by atoms with Gasteiger partial charge in [0, 0.05) is 34.1 Å². The number of rotatable bonds is 5. The molecule has 1 aromatic rings. The summed E-state index contributed by atoms with van der Waals surface area (Å²) < 4.78 is 17.9. The number of carbonyl (C=O) groups is 1. The molecule has 1 aliphatic heterocycles. The van der Waals surface area contributed by atoms with Crippen molar-refractivity contribution in [3.8, 4) is 0 Å². The summed E-state index contributed by atoms with van der Waals surface area (Å²) in [6.07, 6.45) is 7.26. The molecule has 2 fully saturated rings. The molecule has 3 rings (SSSR count). The number of nitrogens with one attached hydrogen (secondary N) is 1. The van der Waals surface area contributed by atoms with E-state index in [1.165, 1.54) is 19.3 Å². The fourth-order valence-electron chi connectivity index (χ4n) is 3.36. The summed E-state index contributed by atoms with van der Waals surface area (Å²) in [5.41, 5.74) is 1.79. The highest BCUT2D eigenvalue weighted by Crippen LogP contribution is 2.24. The predicted molar refractivity (Wildman–Crippen MR) is 92.8 cm³/mol. The Morgan fingerprint density at radius 3 is 2.74 bits per heavy atom. The molecule has 0 spiro atoms. The Morgan fingerprint density at radius 1 is 1.17 bits per heavy atom. The quantitative estimate of drug-likeness (QED) is 0.897. The fourth-order valence-corrected chi connectivity index (χ4v) is 4.96. The Kier molecular flexibility index (Phi) is 5.84. The van der Waals surface area contributed by atoms with Gasteiger partial charge in [-0.25, -0.2) is 0 Å². The van der Waals surface area contributed by atoms with Gasteiger partial charge in [-0.1, -0.05) is 31.4 Å². The molecule has 4 nitrogen and oxygen atoms in total. The second-order valence-corrected chi connectivity index (χ2v) is 8.19. The van der Waals surface area contributed by atoms with Crippen LogP contribution in [-0.2, 0) is 26.1 Å². The first-order valence-corrected chi connectivity index (χ1v) is 9.99. The van der Waals surface area contributed by atoms with Crippen molar-refractivity contribution in [2.24, 2.45) is 0 Å².